The van der Waals surface area contributed by atoms with Gasteiger partial charge in [-0.05, 0) is 53.3 Å². The second-order valence-electron chi connectivity index (χ2n) is 4.41. The molecule has 0 saturated heterocycles. The van der Waals surface area contributed by atoms with Gasteiger partial charge in [-0.3, -0.25) is 0 Å². The molecule has 1 aromatic carbocycles. The first kappa shape index (κ1) is 13.7. The number of benzene rings is 1. The van der Waals surface area contributed by atoms with Gasteiger partial charge in [0.2, 0.25) is 0 Å². The van der Waals surface area contributed by atoms with E-state index in [1.165, 1.54) is 0 Å². The van der Waals surface area contributed by atoms with E-state index in [9.17, 15) is 0 Å². The normalized spacial score (nSPS) is 13.2. The van der Waals surface area contributed by atoms with E-state index >= 15 is 0 Å². The van der Waals surface area contributed by atoms with Crippen molar-refractivity contribution in [2.24, 2.45) is 0 Å². The highest BCUT2D eigenvalue weighted by atomic mass is 79.9. The van der Waals surface area contributed by atoms with E-state index in [1.54, 1.807) is 6.07 Å². The molecule has 1 rings (SSSR count). The van der Waals surface area contributed by atoms with Crippen molar-refractivity contribution >= 4 is 35.8 Å². The maximum atomic E-state index is 9.10. The number of rotatable bonds is 3. The van der Waals surface area contributed by atoms with Crippen molar-refractivity contribution in [2.45, 2.75) is 25.7 Å². The quantitative estimate of drug-likeness (QED) is 0.768. The van der Waals surface area contributed by atoms with Gasteiger partial charge in [0.05, 0.1) is 11.1 Å². The van der Waals surface area contributed by atoms with E-state index in [0.717, 1.165) is 10.0 Å². The molecule has 1 aromatic rings. The molecule has 0 bridgehead atoms. The molecule has 0 aromatic heterocycles. The molecule has 2 nitrogen and oxygen atoms in total. The minimum absolute atomic E-state index is 0.514. The fourth-order valence-corrected chi connectivity index (χ4v) is 2.61. The average Bonchev–Trinajstić information content (AvgIpc) is 2.17. The fraction of sp³-hybridized carbons (Fsp3) is 0.364. The summed E-state index contributed by atoms with van der Waals surface area (Å²) in [5.74, 6) is 0. The summed E-state index contributed by atoms with van der Waals surface area (Å²) in [6, 6.07) is 7.58. The van der Waals surface area contributed by atoms with Crippen molar-refractivity contribution in [3.8, 4) is 6.07 Å². The maximum Gasteiger partial charge on any atom is 0.186 e. The molecule has 0 aliphatic carbocycles. The van der Waals surface area contributed by atoms with Crippen LogP contribution in [0.25, 0.3) is 0 Å². The van der Waals surface area contributed by atoms with Gasteiger partial charge in [0.25, 0.3) is 0 Å². The smallest absolute Gasteiger partial charge is 0.186 e. The van der Waals surface area contributed by atoms with Crippen LogP contribution in [0.3, 0.4) is 0 Å². The third-order valence-corrected chi connectivity index (χ3v) is 3.99. The van der Waals surface area contributed by atoms with Crippen LogP contribution in [0.5, 0.6) is 0 Å². The molecular formula is C11H13BrClNOSi. The van der Waals surface area contributed by atoms with Crippen LogP contribution < -0.4 is 0 Å². The van der Waals surface area contributed by atoms with Crippen molar-refractivity contribution in [2.75, 3.05) is 0 Å². The van der Waals surface area contributed by atoms with Gasteiger partial charge in [0.1, 0.15) is 0 Å². The van der Waals surface area contributed by atoms with Gasteiger partial charge < -0.3 is 4.43 Å². The van der Waals surface area contributed by atoms with E-state index in [2.05, 4.69) is 41.6 Å². The van der Waals surface area contributed by atoms with Crippen LogP contribution in [0, 0.1) is 11.3 Å². The lowest BCUT2D eigenvalue weighted by atomic mass is 10.1. The first-order valence-electron chi connectivity index (χ1n) is 4.86. The Morgan fingerprint density at radius 1 is 1.44 bits per heavy atom. The highest BCUT2D eigenvalue weighted by Gasteiger charge is 2.22. The summed E-state index contributed by atoms with van der Waals surface area (Å²) in [4.78, 5) is 0. The van der Waals surface area contributed by atoms with E-state index < -0.39 is 14.4 Å². The Morgan fingerprint density at radius 2 is 2.06 bits per heavy atom. The lowest BCUT2D eigenvalue weighted by molar-refractivity contribution is 0.255. The van der Waals surface area contributed by atoms with Crippen LogP contribution in [0.4, 0.5) is 0 Å². The number of hydrogen-bond donors (Lipinski definition) is 0. The lowest BCUT2D eigenvalue weighted by Crippen LogP contribution is -2.27. The fourth-order valence-electron chi connectivity index (χ4n) is 1.20. The monoisotopic (exact) mass is 317 g/mol. The van der Waals surface area contributed by atoms with Gasteiger partial charge >= 0.3 is 0 Å². The molecule has 16 heavy (non-hydrogen) atoms. The Morgan fingerprint density at radius 3 is 2.50 bits per heavy atom. The second-order valence-corrected chi connectivity index (χ2v) is 10.1. The Labute approximate surface area is 110 Å². The Bertz CT molecular complexity index is 425. The number of hydrogen-bond acceptors (Lipinski definition) is 2. The van der Waals surface area contributed by atoms with Gasteiger partial charge in [0.15, 0.2) is 14.4 Å². The zero-order chi connectivity index (χ0) is 12.3. The molecule has 0 saturated carbocycles. The van der Waals surface area contributed by atoms with Crippen molar-refractivity contribution < 1.29 is 4.43 Å². The zero-order valence-electron chi connectivity index (χ0n) is 9.42. The topological polar surface area (TPSA) is 33.0 Å². The standard InChI is InChI=1S/C11H13BrClNOSi/c1-16(2,3)15-11(7-14)8-4-5-10(13)9(12)6-8/h4-6,11H,1-3H3. The summed E-state index contributed by atoms with van der Waals surface area (Å²) in [6.45, 7) is 6.17. The SMILES string of the molecule is C[Si](C)(C)OC(C#N)c1ccc(Cl)c(Br)c1. The third kappa shape index (κ3) is 3.91. The minimum atomic E-state index is -1.73. The summed E-state index contributed by atoms with van der Waals surface area (Å²) in [5, 5.41) is 9.73. The van der Waals surface area contributed by atoms with Gasteiger partial charge in [-0.2, -0.15) is 5.26 Å². The predicted molar refractivity (Wildman–Crippen MR) is 71.9 cm³/mol. The van der Waals surface area contributed by atoms with E-state index in [-0.39, 0.29) is 0 Å². The lowest BCUT2D eigenvalue weighted by Gasteiger charge is -2.22. The summed E-state index contributed by atoms with van der Waals surface area (Å²) < 4.78 is 6.57. The number of halogens is 2. The summed E-state index contributed by atoms with van der Waals surface area (Å²) in [5.41, 5.74) is 0.834. The molecule has 5 heteroatoms. The van der Waals surface area contributed by atoms with E-state index in [1.807, 2.05) is 12.1 Å². The number of nitrogens with zero attached hydrogens (tertiary/aromatic N) is 1. The van der Waals surface area contributed by atoms with Crippen LogP contribution in [0.15, 0.2) is 22.7 Å². The Hall–Kier alpha value is -0.343. The molecule has 0 fully saturated rings. The highest BCUT2D eigenvalue weighted by Crippen LogP contribution is 2.28. The summed E-state index contributed by atoms with van der Waals surface area (Å²) >= 11 is 9.24. The molecule has 86 valence electrons. The first-order valence-corrected chi connectivity index (χ1v) is 9.44. The van der Waals surface area contributed by atoms with Gasteiger partial charge in [-0.1, -0.05) is 17.7 Å². The van der Waals surface area contributed by atoms with Crippen LogP contribution in [0.2, 0.25) is 24.7 Å². The van der Waals surface area contributed by atoms with Crippen molar-refractivity contribution in [3.63, 3.8) is 0 Å². The zero-order valence-corrected chi connectivity index (χ0v) is 12.8. The summed E-state index contributed by atoms with van der Waals surface area (Å²) in [6.07, 6.45) is -0.514. The maximum absolute atomic E-state index is 9.10. The minimum Gasteiger partial charge on any atom is -0.399 e. The van der Waals surface area contributed by atoms with Crippen molar-refractivity contribution in [3.05, 3.63) is 33.3 Å². The van der Waals surface area contributed by atoms with Crippen LogP contribution in [-0.4, -0.2) is 8.32 Å². The van der Waals surface area contributed by atoms with Crippen LogP contribution in [0.1, 0.15) is 11.7 Å². The Balaban J connectivity index is 2.97. The molecule has 0 spiro atoms. The average molecular weight is 319 g/mol. The predicted octanol–water partition coefficient (Wildman–Crippen LogP) is 4.52. The first-order chi connectivity index (χ1) is 7.33. The van der Waals surface area contributed by atoms with Crippen LogP contribution >= 0.6 is 27.5 Å². The molecular weight excluding hydrogens is 306 g/mol. The third-order valence-electron chi connectivity index (χ3n) is 1.84. The van der Waals surface area contributed by atoms with E-state index in [4.69, 9.17) is 21.3 Å². The molecule has 1 atom stereocenters. The molecule has 0 heterocycles. The molecule has 0 aliphatic rings. The molecule has 0 N–H and O–H groups in total. The molecule has 1 unspecified atom stereocenters. The molecule has 0 radical (unpaired) electrons. The van der Waals surface area contributed by atoms with E-state index in [0.29, 0.717) is 5.02 Å². The Kier molecular flexibility index (Phi) is 4.57. The highest BCUT2D eigenvalue weighted by molar-refractivity contribution is 9.10. The number of nitriles is 1. The van der Waals surface area contributed by atoms with Crippen molar-refractivity contribution in [1.82, 2.24) is 0 Å². The summed E-state index contributed by atoms with van der Waals surface area (Å²) in [7, 11) is -1.73. The molecule has 0 aliphatic heterocycles. The van der Waals surface area contributed by atoms with Gasteiger partial charge in [0, 0.05) is 4.47 Å². The largest absolute Gasteiger partial charge is 0.399 e. The van der Waals surface area contributed by atoms with Crippen LogP contribution in [-0.2, 0) is 4.43 Å². The van der Waals surface area contributed by atoms with Crippen molar-refractivity contribution in [1.29, 1.82) is 5.26 Å². The molecule has 0 amide bonds. The van der Waals surface area contributed by atoms with Gasteiger partial charge in [-0.15, -0.1) is 0 Å². The van der Waals surface area contributed by atoms with Gasteiger partial charge in [-0.25, -0.2) is 0 Å². The second kappa shape index (κ2) is 5.33.